The summed E-state index contributed by atoms with van der Waals surface area (Å²) in [6, 6.07) is 6.90. The maximum absolute atomic E-state index is 5.57. The number of ether oxygens (including phenoxy) is 2. The first-order valence-corrected chi connectivity index (χ1v) is 7.26. The molecule has 0 aliphatic heterocycles. The van der Waals surface area contributed by atoms with Gasteiger partial charge in [-0.2, -0.15) is 0 Å². The summed E-state index contributed by atoms with van der Waals surface area (Å²) in [6.45, 7) is 5.85. The van der Waals surface area contributed by atoms with E-state index in [0.717, 1.165) is 25.3 Å². The molecule has 1 aliphatic carbocycles. The molecule has 0 fully saturated rings. The summed E-state index contributed by atoms with van der Waals surface area (Å²) in [6.07, 6.45) is 3.87. The molecule has 1 aromatic carbocycles. The van der Waals surface area contributed by atoms with E-state index in [1.54, 1.807) is 7.11 Å². The van der Waals surface area contributed by atoms with Crippen molar-refractivity contribution in [2.75, 3.05) is 20.3 Å². The zero-order valence-electron chi connectivity index (χ0n) is 12.2. The molecule has 0 saturated carbocycles. The molecule has 0 aromatic heterocycles. The minimum absolute atomic E-state index is 0.272. The first-order valence-electron chi connectivity index (χ1n) is 7.26. The van der Waals surface area contributed by atoms with Crippen LogP contribution in [0.25, 0.3) is 0 Å². The molecule has 0 heterocycles. The molecular weight excluding hydrogens is 238 g/mol. The summed E-state index contributed by atoms with van der Waals surface area (Å²) in [5.74, 6) is 0.960. The van der Waals surface area contributed by atoms with Gasteiger partial charge in [0.1, 0.15) is 5.75 Å². The highest BCUT2D eigenvalue weighted by Gasteiger charge is 2.20. The molecule has 3 nitrogen and oxygen atoms in total. The molecule has 0 amide bonds. The van der Waals surface area contributed by atoms with Crippen molar-refractivity contribution in [2.24, 2.45) is 0 Å². The molecule has 3 heteroatoms. The minimum atomic E-state index is 0.272. The van der Waals surface area contributed by atoms with Crippen molar-refractivity contribution < 1.29 is 9.47 Å². The molecule has 1 aromatic rings. The third-order valence-corrected chi connectivity index (χ3v) is 3.77. The molecular formula is C16H25NO2. The van der Waals surface area contributed by atoms with Crippen LogP contribution in [0.4, 0.5) is 0 Å². The van der Waals surface area contributed by atoms with Crippen LogP contribution in [0.3, 0.4) is 0 Å². The lowest BCUT2D eigenvalue weighted by molar-refractivity contribution is 0.0734. The van der Waals surface area contributed by atoms with Gasteiger partial charge in [0.25, 0.3) is 0 Å². The van der Waals surface area contributed by atoms with Crippen molar-refractivity contribution in [1.29, 1.82) is 0 Å². The molecule has 1 N–H and O–H groups in total. The van der Waals surface area contributed by atoms with E-state index in [9.17, 15) is 0 Å². The average molecular weight is 263 g/mol. The SMILES string of the molecule is CCOC(C)CNC1CCCc2cc(OC)ccc21. The zero-order chi connectivity index (χ0) is 13.7. The number of aryl methyl sites for hydroxylation is 1. The Morgan fingerprint density at radius 3 is 3.00 bits per heavy atom. The molecule has 19 heavy (non-hydrogen) atoms. The summed E-state index contributed by atoms with van der Waals surface area (Å²) in [5.41, 5.74) is 2.85. The Kier molecular flexibility index (Phi) is 5.23. The first-order chi connectivity index (χ1) is 9.24. The standard InChI is InChI=1S/C16H25NO2/c1-4-19-12(2)11-17-16-7-5-6-13-10-14(18-3)8-9-15(13)16/h8-10,12,16-17H,4-7,11H2,1-3H3. The van der Waals surface area contributed by atoms with E-state index in [0.29, 0.717) is 6.04 Å². The van der Waals surface area contributed by atoms with Crippen LogP contribution in [0.15, 0.2) is 18.2 Å². The van der Waals surface area contributed by atoms with Gasteiger partial charge in [-0.15, -0.1) is 0 Å². The first kappa shape index (κ1) is 14.4. The van der Waals surface area contributed by atoms with Crippen molar-refractivity contribution in [3.8, 4) is 5.75 Å². The number of hydrogen-bond donors (Lipinski definition) is 1. The topological polar surface area (TPSA) is 30.5 Å². The Morgan fingerprint density at radius 1 is 1.42 bits per heavy atom. The normalized spacial score (nSPS) is 19.8. The Balaban J connectivity index is 2.01. The summed E-state index contributed by atoms with van der Waals surface area (Å²) in [4.78, 5) is 0. The van der Waals surface area contributed by atoms with Crippen LogP contribution >= 0.6 is 0 Å². The van der Waals surface area contributed by atoms with Gasteiger partial charge in [0.2, 0.25) is 0 Å². The van der Waals surface area contributed by atoms with Crippen LogP contribution in [0.5, 0.6) is 5.75 Å². The van der Waals surface area contributed by atoms with Crippen LogP contribution in [-0.4, -0.2) is 26.4 Å². The molecule has 2 atom stereocenters. The minimum Gasteiger partial charge on any atom is -0.497 e. The fraction of sp³-hybridized carbons (Fsp3) is 0.625. The Bertz CT molecular complexity index is 406. The highest BCUT2D eigenvalue weighted by Crippen LogP contribution is 2.32. The van der Waals surface area contributed by atoms with Crippen LogP contribution in [-0.2, 0) is 11.2 Å². The maximum Gasteiger partial charge on any atom is 0.119 e. The van der Waals surface area contributed by atoms with Crippen molar-refractivity contribution in [2.45, 2.75) is 45.3 Å². The number of fused-ring (bicyclic) bond motifs is 1. The fourth-order valence-corrected chi connectivity index (χ4v) is 2.78. The summed E-state index contributed by atoms with van der Waals surface area (Å²) in [5, 5.41) is 3.63. The van der Waals surface area contributed by atoms with E-state index < -0.39 is 0 Å². The largest absolute Gasteiger partial charge is 0.497 e. The zero-order valence-corrected chi connectivity index (χ0v) is 12.2. The summed E-state index contributed by atoms with van der Waals surface area (Å²) in [7, 11) is 1.73. The second kappa shape index (κ2) is 6.92. The van der Waals surface area contributed by atoms with Gasteiger partial charge in [-0.1, -0.05) is 6.07 Å². The van der Waals surface area contributed by atoms with Crippen LogP contribution < -0.4 is 10.1 Å². The predicted octanol–water partition coefficient (Wildman–Crippen LogP) is 3.09. The van der Waals surface area contributed by atoms with E-state index in [1.165, 1.54) is 24.0 Å². The molecule has 0 radical (unpaired) electrons. The molecule has 0 saturated heterocycles. The van der Waals surface area contributed by atoms with Gasteiger partial charge < -0.3 is 14.8 Å². The van der Waals surface area contributed by atoms with Gasteiger partial charge in [0.05, 0.1) is 13.2 Å². The molecule has 2 rings (SSSR count). The molecule has 0 bridgehead atoms. The van der Waals surface area contributed by atoms with Crippen LogP contribution in [0.2, 0.25) is 0 Å². The highest BCUT2D eigenvalue weighted by molar-refractivity contribution is 5.39. The number of hydrogen-bond acceptors (Lipinski definition) is 3. The average Bonchev–Trinajstić information content (AvgIpc) is 2.44. The lowest BCUT2D eigenvalue weighted by atomic mass is 9.87. The number of rotatable bonds is 6. The van der Waals surface area contributed by atoms with E-state index in [-0.39, 0.29) is 6.10 Å². The lowest BCUT2D eigenvalue weighted by Gasteiger charge is -2.28. The van der Waals surface area contributed by atoms with Crippen LogP contribution in [0.1, 0.15) is 43.9 Å². The van der Waals surface area contributed by atoms with Gasteiger partial charge in [-0.05, 0) is 56.4 Å². The summed E-state index contributed by atoms with van der Waals surface area (Å²) >= 11 is 0. The predicted molar refractivity (Wildman–Crippen MR) is 77.8 cm³/mol. The highest BCUT2D eigenvalue weighted by atomic mass is 16.5. The quantitative estimate of drug-likeness (QED) is 0.855. The van der Waals surface area contributed by atoms with Crippen LogP contribution in [0, 0.1) is 0 Å². The van der Waals surface area contributed by atoms with Gasteiger partial charge in [0, 0.05) is 19.2 Å². The second-order valence-electron chi connectivity index (χ2n) is 5.18. The molecule has 106 valence electrons. The smallest absolute Gasteiger partial charge is 0.119 e. The van der Waals surface area contributed by atoms with Crippen molar-refractivity contribution >= 4 is 0 Å². The molecule has 1 aliphatic rings. The van der Waals surface area contributed by atoms with Crippen molar-refractivity contribution in [1.82, 2.24) is 5.32 Å². The maximum atomic E-state index is 5.57. The Hall–Kier alpha value is -1.06. The van der Waals surface area contributed by atoms with Crippen molar-refractivity contribution in [3.05, 3.63) is 29.3 Å². The molecule has 2 unspecified atom stereocenters. The van der Waals surface area contributed by atoms with Gasteiger partial charge in [-0.25, -0.2) is 0 Å². The second-order valence-corrected chi connectivity index (χ2v) is 5.18. The van der Waals surface area contributed by atoms with Gasteiger partial charge >= 0.3 is 0 Å². The van der Waals surface area contributed by atoms with Gasteiger partial charge in [0.15, 0.2) is 0 Å². The summed E-state index contributed by atoms with van der Waals surface area (Å²) < 4.78 is 10.9. The third-order valence-electron chi connectivity index (χ3n) is 3.77. The number of benzene rings is 1. The van der Waals surface area contributed by atoms with E-state index in [4.69, 9.17) is 9.47 Å². The van der Waals surface area contributed by atoms with E-state index in [2.05, 4.69) is 30.4 Å². The van der Waals surface area contributed by atoms with E-state index >= 15 is 0 Å². The van der Waals surface area contributed by atoms with E-state index in [1.807, 2.05) is 6.92 Å². The number of nitrogens with one attached hydrogen (secondary N) is 1. The fourth-order valence-electron chi connectivity index (χ4n) is 2.78. The Morgan fingerprint density at radius 2 is 2.26 bits per heavy atom. The third kappa shape index (κ3) is 3.71. The molecule has 0 spiro atoms. The van der Waals surface area contributed by atoms with Gasteiger partial charge in [-0.3, -0.25) is 0 Å². The Labute approximate surface area is 116 Å². The monoisotopic (exact) mass is 263 g/mol. The number of methoxy groups -OCH3 is 1. The lowest BCUT2D eigenvalue weighted by Crippen LogP contribution is -2.32. The van der Waals surface area contributed by atoms with Crippen molar-refractivity contribution in [3.63, 3.8) is 0 Å².